The smallest absolute Gasteiger partial charge is 0.343 e. The van der Waals surface area contributed by atoms with Gasteiger partial charge in [-0.2, -0.15) is 0 Å². The van der Waals surface area contributed by atoms with Crippen LogP contribution in [0.2, 0.25) is 0 Å². The van der Waals surface area contributed by atoms with E-state index in [0.717, 1.165) is 51.4 Å². The van der Waals surface area contributed by atoms with Crippen LogP contribution in [-0.4, -0.2) is 17.7 Å². The van der Waals surface area contributed by atoms with E-state index in [1.54, 1.807) is 0 Å². The molecule has 3 heteroatoms. The molecule has 0 aliphatic heterocycles. The lowest BCUT2D eigenvalue weighted by atomic mass is 9.76. The molecule has 1 aromatic rings. The van der Waals surface area contributed by atoms with Gasteiger partial charge >= 0.3 is 5.97 Å². The van der Waals surface area contributed by atoms with Gasteiger partial charge in [0.2, 0.25) is 0 Å². The highest BCUT2D eigenvalue weighted by Crippen LogP contribution is 2.38. The van der Waals surface area contributed by atoms with Crippen molar-refractivity contribution in [2.75, 3.05) is 6.61 Å². The Hall–Kier alpha value is -1.35. The fourth-order valence-electron chi connectivity index (χ4n) is 5.60. The molecular formula is C35H62O3. The molecule has 1 rings (SSSR count). The summed E-state index contributed by atoms with van der Waals surface area (Å²) in [4.78, 5) is 13.3. The molecule has 0 aliphatic rings. The highest BCUT2D eigenvalue weighted by molar-refractivity contribution is 5.81. The predicted octanol–water partition coefficient (Wildman–Crippen LogP) is 10.7. The molecule has 0 fully saturated rings. The summed E-state index contributed by atoms with van der Waals surface area (Å²) in [5.74, 6) is -0.565. The van der Waals surface area contributed by atoms with E-state index in [0.29, 0.717) is 12.2 Å². The molecule has 38 heavy (non-hydrogen) atoms. The van der Waals surface area contributed by atoms with E-state index < -0.39 is 11.6 Å². The first kappa shape index (κ1) is 34.7. The minimum Gasteiger partial charge on any atom is -0.463 e. The zero-order valence-electron chi connectivity index (χ0n) is 25.5. The van der Waals surface area contributed by atoms with E-state index in [4.69, 9.17) is 4.74 Å². The molecule has 0 bridgehead atoms. The molecule has 0 spiro atoms. The van der Waals surface area contributed by atoms with Gasteiger partial charge in [-0.15, -0.1) is 0 Å². The first-order valence-electron chi connectivity index (χ1n) is 16.6. The second kappa shape index (κ2) is 23.5. The summed E-state index contributed by atoms with van der Waals surface area (Å²) in [5, 5.41) is 11.8. The average molecular weight is 531 g/mol. The van der Waals surface area contributed by atoms with Crippen molar-refractivity contribution < 1.29 is 14.6 Å². The SMILES string of the molecule is CCCCCCCCCCCCCCCCCCOC(=O)C(O)(c1ccccc1)C(CCCC)CCCC. The average Bonchev–Trinajstić information content (AvgIpc) is 2.94. The summed E-state index contributed by atoms with van der Waals surface area (Å²) in [6.07, 6.45) is 27.0. The molecular weight excluding hydrogens is 468 g/mol. The van der Waals surface area contributed by atoms with E-state index in [-0.39, 0.29) is 5.92 Å². The van der Waals surface area contributed by atoms with Crippen LogP contribution in [0, 0.1) is 5.92 Å². The monoisotopic (exact) mass is 530 g/mol. The lowest BCUT2D eigenvalue weighted by molar-refractivity contribution is -0.175. The molecule has 0 aromatic heterocycles. The Bertz CT molecular complexity index is 650. The standard InChI is InChI=1S/C35H62O3/c1-4-7-10-11-12-13-14-15-16-17-18-19-20-21-22-26-31-38-34(36)35(37,33-29-24-23-25-30-33)32(27-8-5-2)28-9-6-3/h23-25,29-30,32,37H,4-22,26-28,31H2,1-3H3. The van der Waals surface area contributed by atoms with E-state index in [1.807, 2.05) is 30.3 Å². The van der Waals surface area contributed by atoms with Gasteiger partial charge in [0.1, 0.15) is 0 Å². The quantitative estimate of drug-likeness (QED) is 0.0957. The Morgan fingerprint density at radius 3 is 1.45 bits per heavy atom. The minimum atomic E-state index is -1.55. The molecule has 220 valence electrons. The van der Waals surface area contributed by atoms with Crippen LogP contribution in [0.25, 0.3) is 0 Å². The lowest BCUT2D eigenvalue weighted by Gasteiger charge is -2.35. The molecule has 3 nitrogen and oxygen atoms in total. The number of esters is 1. The molecule has 0 heterocycles. The van der Waals surface area contributed by atoms with Gasteiger partial charge in [-0.3, -0.25) is 0 Å². The van der Waals surface area contributed by atoms with Gasteiger partial charge in [-0.25, -0.2) is 4.79 Å². The summed E-state index contributed by atoms with van der Waals surface area (Å²) in [6, 6.07) is 9.49. The largest absolute Gasteiger partial charge is 0.463 e. The maximum Gasteiger partial charge on any atom is 0.343 e. The summed E-state index contributed by atoms with van der Waals surface area (Å²) >= 11 is 0. The molecule has 0 aliphatic carbocycles. The fraction of sp³-hybridized carbons (Fsp3) is 0.800. The highest BCUT2D eigenvalue weighted by Gasteiger charge is 2.46. The number of rotatable bonds is 26. The van der Waals surface area contributed by atoms with Crippen molar-refractivity contribution in [3.05, 3.63) is 35.9 Å². The Morgan fingerprint density at radius 1 is 0.632 bits per heavy atom. The van der Waals surface area contributed by atoms with Crippen molar-refractivity contribution in [3.63, 3.8) is 0 Å². The summed E-state index contributed by atoms with van der Waals surface area (Å²) in [6.45, 7) is 7.01. The van der Waals surface area contributed by atoms with Gasteiger partial charge in [0.05, 0.1) is 6.61 Å². The zero-order chi connectivity index (χ0) is 27.7. The Kier molecular flexibility index (Phi) is 21.5. The third-order valence-electron chi connectivity index (χ3n) is 8.16. The van der Waals surface area contributed by atoms with Gasteiger partial charge < -0.3 is 9.84 Å². The van der Waals surface area contributed by atoms with Crippen LogP contribution in [-0.2, 0) is 15.1 Å². The summed E-state index contributed by atoms with van der Waals surface area (Å²) in [7, 11) is 0. The van der Waals surface area contributed by atoms with Gasteiger partial charge in [0.25, 0.3) is 0 Å². The van der Waals surface area contributed by atoms with Crippen molar-refractivity contribution >= 4 is 5.97 Å². The number of carbonyl (C=O) groups excluding carboxylic acids is 1. The fourth-order valence-corrected chi connectivity index (χ4v) is 5.60. The number of benzene rings is 1. The number of unbranched alkanes of at least 4 members (excludes halogenated alkanes) is 17. The van der Waals surface area contributed by atoms with Gasteiger partial charge in [0.15, 0.2) is 5.60 Å². The molecule has 1 atom stereocenters. The number of hydrogen-bond donors (Lipinski definition) is 1. The molecule has 0 amide bonds. The van der Waals surface area contributed by atoms with E-state index in [2.05, 4.69) is 20.8 Å². The maximum absolute atomic E-state index is 13.3. The number of aliphatic hydroxyl groups is 1. The van der Waals surface area contributed by atoms with E-state index in [9.17, 15) is 9.90 Å². The van der Waals surface area contributed by atoms with Crippen LogP contribution in [0.15, 0.2) is 30.3 Å². The van der Waals surface area contributed by atoms with Crippen molar-refractivity contribution in [3.8, 4) is 0 Å². The van der Waals surface area contributed by atoms with Crippen LogP contribution < -0.4 is 0 Å². The number of carbonyl (C=O) groups is 1. The second-order valence-corrected chi connectivity index (χ2v) is 11.6. The van der Waals surface area contributed by atoms with E-state index in [1.165, 1.54) is 89.9 Å². The summed E-state index contributed by atoms with van der Waals surface area (Å²) < 4.78 is 5.73. The highest BCUT2D eigenvalue weighted by atomic mass is 16.5. The second-order valence-electron chi connectivity index (χ2n) is 11.6. The number of ether oxygens (including phenoxy) is 1. The van der Waals surface area contributed by atoms with Crippen molar-refractivity contribution in [2.45, 2.75) is 168 Å². The Labute approximate surface area is 236 Å². The molecule has 1 aromatic carbocycles. The molecule has 1 N–H and O–H groups in total. The Balaban J connectivity index is 2.27. The predicted molar refractivity (Wildman–Crippen MR) is 163 cm³/mol. The van der Waals surface area contributed by atoms with Crippen LogP contribution in [0.5, 0.6) is 0 Å². The van der Waals surface area contributed by atoms with Crippen LogP contribution in [0.3, 0.4) is 0 Å². The third-order valence-corrected chi connectivity index (χ3v) is 8.16. The minimum absolute atomic E-state index is 0.108. The van der Waals surface area contributed by atoms with Crippen LogP contribution >= 0.6 is 0 Å². The number of hydrogen-bond acceptors (Lipinski definition) is 3. The third kappa shape index (κ3) is 14.7. The zero-order valence-corrected chi connectivity index (χ0v) is 25.5. The van der Waals surface area contributed by atoms with Crippen LogP contribution in [0.4, 0.5) is 0 Å². The normalized spacial score (nSPS) is 13.1. The summed E-state index contributed by atoms with van der Waals surface area (Å²) in [5.41, 5.74) is -0.880. The van der Waals surface area contributed by atoms with Gasteiger partial charge in [-0.1, -0.05) is 173 Å². The topological polar surface area (TPSA) is 46.5 Å². The maximum atomic E-state index is 13.3. The first-order chi connectivity index (χ1) is 18.6. The van der Waals surface area contributed by atoms with Crippen molar-refractivity contribution in [1.29, 1.82) is 0 Å². The lowest BCUT2D eigenvalue weighted by Crippen LogP contribution is -2.44. The van der Waals surface area contributed by atoms with Gasteiger partial charge in [0, 0.05) is 5.92 Å². The molecule has 0 radical (unpaired) electrons. The van der Waals surface area contributed by atoms with E-state index >= 15 is 0 Å². The molecule has 1 unspecified atom stereocenters. The Morgan fingerprint density at radius 2 is 1.03 bits per heavy atom. The van der Waals surface area contributed by atoms with Gasteiger partial charge in [-0.05, 0) is 24.8 Å². The molecule has 0 saturated heterocycles. The van der Waals surface area contributed by atoms with Crippen LogP contribution in [0.1, 0.15) is 168 Å². The molecule has 0 saturated carbocycles. The van der Waals surface area contributed by atoms with Crippen molar-refractivity contribution in [2.24, 2.45) is 5.92 Å². The first-order valence-corrected chi connectivity index (χ1v) is 16.6. The van der Waals surface area contributed by atoms with Crippen molar-refractivity contribution in [1.82, 2.24) is 0 Å².